The number of hydrogen-bond donors (Lipinski definition) is 3. The van der Waals surface area contributed by atoms with Crippen molar-refractivity contribution < 1.29 is 15.3 Å². The maximum atomic E-state index is 8.56. The summed E-state index contributed by atoms with van der Waals surface area (Å²) in [5.41, 5.74) is 0.637. The standard InChI is InChI=1S/C6H11N3O3/c10-2-1-5-3-9(8-7-5)4-6(11)12/h3,6,10-12H,1-2,4H2. The summed E-state index contributed by atoms with van der Waals surface area (Å²) in [6.45, 7) is 0.0127. The average Bonchev–Trinajstić information content (AvgIpc) is 2.36. The van der Waals surface area contributed by atoms with Crippen molar-refractivity contribution in [1.29, 1.82) is 0 Å². The lowest BCUT2D eigenvalue weighted by molar-refractivity contribution is -0.0537. The Hall–Kier alpha value is -0.980. The molecule has 0 bridgehead atoms. The second kappa shape index (κ2) is 4.15. The molecular weight excluding hydrogens is 162 g/mol. The molecule has 0 unspecified atom stereocenters. The zero-order valence-corrected chi connectivity index (χ0v) is 6.46. The van der Waals surface area contributed by atoms with Crippen molar-refractivity contribution in [2.24, 2.45) is 0 Å². The summed E-state index contributed by atoms with van der Waals surface area (Å²) in [6.07, 6.45) is 0.575. The van der Waals surface area contributed by atoms with E-state index < -0.39 is 6.29 Å². The molecule has 68 valence electrons. The van der Waals surface area contributed by atoms with Crippen molar-refractivity contribution in [2.75, 3.05) is 6.61 Å². The molecular formula is C6H11N3O3. The Kier molecular flexibility index (Phi) is 3.15. The van der Waals surface area contributed by atoms with Gasteiger partial charge >= 0.3 is 0 Å². The Labute approximate surface area is 69.1 Å². The molecule has 12 heavy (non-hydrogen) atoms. The lowest BCUT2D eigenvalue weighted by Gasteiger charge is -2.00. The fraction of sp³-hybridized carbons (Fsp3) is 0.667. The predicted molar refractivity (Wildman–Crippen MR) is 39.0 cm³/mol. The minimum atomic E-state index is -1.42. The van der Waals surface area contributed by atoms with Crippen LogP contribution in [0.4, 0.5) is 0 Å². The first-order valence-corrected chi connectivity index (χ1v) is 3.58. The largest absolute Gasteiger partial charge is 0.396 e. The van der Waals surface area contributed by atoms with Crippen molar-refractivity contribution >= 4 is 0 Å². The molecule has 0 aliphatic rings. The van der Waals surface area contributed by atoms with Gasteiger partial charge < -0.3 is 15.3 Å². The summed E-state index contributed by atoms with van der Waals surface area (Å²) in [7, 11) is 0. The zero-order valence-electron chi connectivity index (χ0n) is 6.46. The summed E-state index contributed by atoms with van der Waals surface area (Å²) in [5.74, 6) is 0. The van der Waals surface area contributed by atoms with Crippen LogP contribution < -0.4 is 0 Å². The van der Waals surface area contributed by atoms with E-state index >= 15 is 0 Å². The number of aromatic nitrogens is 3. The van der Waals surface area contributed by atoms with Crippen molar-refractivity contribution in [1.82, 2.24) is 15.0 Å². The SMILES string of the molecule is OCCc1cn(CC(O)O)nn1. The summed E-state index contributed by atoms with van der Waals surface area (Å²) in [5, 5.41) is 33.0. The first-order chi connectivity index (χ1) is 5.72. The van der Waals surface area contributed by atoms with Crippen LogP contribution in [0, 0.1) is 0 Å². The Bertz CT molecular complexity index is 236. The lowest BCUT2D eigenvalue weighted by Crippen LogP contribution is -2.15. The van der Waals surface area contributed by atoms with E-state index in [1.165, 1.54) is 4.68 Å². The highest BCUT2D eigenvalue weighted by molar-refractivity contribution is 4.91. The van der Waals surface area contributed by atoms with Crippen LogP contribution in [0.5, 0.6) is 0 Å². The van der Waals surface area contributed by atoms with E-state index in [1.807, 2.05) is 0 Å². The molecule has 3 N–H and O–H groups in total. The second-order valence-corrected chi connectivity index (χ2v) is 2.39. The molecule has 0 atom stereocenters. The molecule has 0 aromatic carbocycles. The summed E-state index contributed by atoms with van der Waals surface area (Å²) in [4.78, 5) is 0. The van der Waals surface area contributed by atoms with Gasteiger partial charge in [0.2, 0.25) is 0 Å². The minimum absolute atomic E-state index is 0.00156. The van der Waals surface area contributed by atoms with Crippen molar-refractivity contribution in [3.8, 4) is 0 Å². The van der Waals surface area contributed by atoms with Crippen LogP contribution in [-0.4, -0.2) is 43.2 Å². The van der Waals surface area contributed by atoms with E-state index in [9.17, 15) is 0 Å². The van der Waals surface area contributed by atoms with Gasteiger partial charge in [0.05, 0.1) is 12.2 Å². The Morgan fingerprint density at radius 3 is 2.83 bits per heavy atom. The van der Waals surface area contributed by atoms with Gasteiger partial charge in [-0.1, -0.05) is 5.21 Å². The van der Waals surface area contributed by atoms with Gasteiger partial charge in [-0.2, -0.15) is 0 Å². The Balaban J connectivity index is 2.52. The van der Waals surface area contributed by atoms with Crippen LogP contribution in [-0.2, 0) is 13.0 Å². The topological polar surface area (TPSA) is 91.4 Å². The number of hydrogen-bond acceptors (Lipinski definition) is 5. The van der Waals surface area contributed by atoms with E-state index in [4.69, 9.17) is 15.3 Å². The molecule has 6 heteroatoms. The first-order valence-electron chi connectivity index (χ1n) is 3.58. The molecule has 1 aromatic rings. The maximum absolute atomic E-state index is 8.56. The van der Waals surface area contributed by atoms with Crippen LogP contribution in [0.2, 0.25) is 0 Å². The molecule has 0 saturated carbocycles. The van der Waals surface area contributed by atoms with Crippen LogP contribution in [0.25, 0.3) is 0 Å². The molecule has 1 aromatic heterocycles. The highest BCUT2D eigenvalue weighted by Crippen LogP contribution is 1.94. The quantitative estimate of drug-likeness (QED) is 0.464. The van der Waals surface area contributed by atoms with Gasteiger partial charge in [0.15, 0.2) is 6.29 Å². The summed E-state index contributed by atoms with van der Waals surface area (Å²) >= 11 is 0. The van der Waals surface area contributed by atoms with Crippen molar-refractivity contribution in [2.45, 2.75) is 19.3 Å². The third-order valence-corrected chi connectivity index (χ3v) is 1.30. The highest BCUT2D eigenvalue weighted by Gasteiger charge is 2.02. The number of nitrogens with zero attached hydrogens (tertiary/aromatic N) is 3. The predicted octanol–water partition coefficient (Wildman–Crippen LogP) is -1.88. The molecule has 1 heterocycles. The van der Waals surface area contributed by atoms with Gasteiger partial charge in [0, 0.05) is 19.2 Å². The third-order valence-electron chi connectivity index (χ3n) is 1.30. The molecule has 0 radical (unpaired) electrons. The van der Waals surface area contributed by atoms with E-state index in [-0.39, 0.29) is 13.2 Å². The Morgan fingerprint density at radius 1 is 1.50 bits per heavy atom. The maximum Gasteiger partial charge on any atom is 0.171 e. The molecule has 0 fully saturated rings. The fourth-order valence-electron chi connectivity index (χ4n) is 0.824. The van der Waals surface area contributed by atoms with Gasteiger partial charge in [-0.25, -0.2) is 4.68 Å². The third kappa shape index (κ3) is 2.57. The van der Waals surface area contributed by atoms with Gasteiger partial charge in [0.1, 0.15) is 0 Å². The molecule has 0 saturated heterocycles. The van der Waals surface area contributed by atoms with Crippen LogP contribution in [0.3, 0.4) is 0 Å². The summed E-state index contributed by atoms with van der Waals surface area (Å²) in [6, 6.07) is 0. The van der Waals surface area contributed by atoms with E-state index in [2.05, 4.69) is 10.3 Å². The van der Waals surface area contributed by atoms with Gasteiger partial charge in [-0.05, 0) is 0 Å². The molecule has 0 spiro atoms. The molecule has 1 rings (SSSR count). The monoisotopic (exact) mass is 173 g/mol. The highest BCUT2D eigenvalue weighted by atomic mass is 16.5. The molecule has 0 amide bonds. The average molecular weight is 173 g/mol. The van der Waals surface area contributed by atoms with E-state index in [0.29, 0.717) is 12.1 Å². The van der Waals surface area contributed by atoms with Gasteiger partial charge in [0.25, 0.3) is 0 Å². The Morgan fingerprint density at radius 2 is 2.25 bits per heavy atom. The molecule has 6 nitrogen and oxygen atoms in total. The van der Waals surface area contributed by atoms with E-state index in [1.54, 1.807) is 6.20 Å². The van der Waals surface area contributed by atoms with Gasteiger partial charge in [-0.15, -0.1) is 5.10 Å². The molecule has 0 aliphatic heterocycles. The smallest absolute Gasteiger partial charge is 0.171 e. The molecule has 0 aliphatic carbocycles. The summed E-state index contributed by atoms with van der Waals surface area (Å²) < 4.78 is 1.32. The van der Waals surface area contributed by atoms with Crippen molar-refractivity contribution in [3.63, 3.8) is 0 Å². The van der Waals surface area contributed by atoms with Crippen LogP contribution in [0.15, 0.2) is 6.20 Å². The van der Waals surface area contributed by atoms with Crippen LogP contribution in [0.1, 0.15) is 5.69 Å². The first kappa shape index (κ1) is 9.11. The fourth-order valence-corrected chi connectivity index (χ4v) is 0.824. The normalized spacial score (nSPS) is 11.0. The van der Waals surface area contributed by atoms with Crippen LogP contribution >= 0.6 is 0 Å². The van der Waals surface area contributed by atoms with E-state index in [0.717, 1.165) is 0 Å². The lowest BCUT2D eigenvalue weighted by atomic mass is 10.3. The number of aliphatic hydroxyl groups excluding tert-OH is 2. The second-order valence-electron chi connectivity index (χ2n) is 2.39. The van der Waals surface area contributed by atoms with Crippen molar-refractivity contribution in [3.05, 3.63) is 11.9 Å². The van der Waals surface area contributed by atoms with Gasteiger partial charge in [-0.3, -0.25) is 0 Å². The zero-order chi connectivity index (χ0) is 8.97. The number of rotatable bonds is 4. The number of aliphatic hydroxyl groups is 3. The minimum Gasteiger partial charge on any atom is -0.396 e.